The lowest BCUT2D eigenvalue weighted by Crippen LogP contribution is -2.32. The molecule has 0 radical (unpaired) electrons. The number of rotatable bonds is 7. The molecule has 1 heterocycles. The maximum absolute atomic E-state index is 13.2. The number of hydrogen-bond donors (Lipinski definition) is 1. The van der Waals surface area contributed by atoms with Crippen molar-refractivity contribution in [3.8, 4) is 0 Å². The molecule has 0 unspecified atom stereocenters. The molecule has 0 aromatic heterocycles. The van der Waals surface area contributed by atoms with Crippen LogP contribution in [0.5, 0.6) is 0 Å². The molecule has 1 aliphatic rings. The van der Waals surface area contributed by atoms with E-state index < -0.39 is 10.0 Å². The van der Waals surface area contributed by atoms with Gasteiger partial charge < -0.3 is 10.2 Å². The normalized spacial score (nSPS) is 14.0. The van der Waals surface area contributed by atoms with Crippen LogP contribution in [0.15, 0.2) is 66.7 Å². The lowest BCUT2D eigenvalue weighted by atomic mass is 10.1. The van der Waals surface area contributed by atoms with Gasteiger partial charge in [0.1, 0.15) is 0 Å². The maximum atomic E-state index is 13.2. The largest absolute Gasteiger partial charge is 0.339 e. The Kier molecular flexibility index (Phi) is 8.52. The standard InChI is InChI=1S/C30H35N3O4S/c1-22-11-10-12-23(2)28(22)33(38(3,36)37)21-24-15-17-25(18-16-24)29(34)31-27-14-7-6-13-26(27)30(35)32-19-8-4-5-9-20-32/h6-7,10-18H,4-5,8-9,19-21H2,1-3H3,(H,31,34). The number of amides is 2. The van der Waals surface area contributed by atoms with Gasteiger partial charge in [0.2, 0.25) is 10.0 Å². The summed E-state index contributed by atoms with van der Waals surface area (Å²) in [6, 6.07) is 19.7. The van der Waals surface area contributed by atoms with Crippen LogP contribution >= 0.6 is 0 Å². The molecule has 2 amide bonds. The van der Waals surface area contributed by atoms with Crippen LogP contribution < -0.4 is 9.62 Å². The van der Waals surface area contributed by atoms with E-state index in [4.69, 9.17) is 0 Å². The number of para-hydroxylation sites is 2. The van der Waals surface area contributed by atoms with Crippen LogP contribution in [-0.2, 0) is 16.6 Å². The average molecular weight is 534 g/mol. The summed E-state index contributed by atoms with van der Waals surface area (Å²) in [5.74, 6) is -0.395. The highest BCUT2D eigenvalue weighted by atomic mass is 32.2. The topological polar surface area (TPSA) is 86.8 Å². The van der Waals surface area contributed by atoms with E-state index in [1.165, 1.54) is 10.6 Å². The predicted octanol–water partition coefficient (Wildman–Crippen LogP) is 5.54. The number of benzene rings is 3. The summed E-state index contributed by atoms with van der Waals surface area (Å²) in [4.78, 5) is 28.2. The van der Waals surface area contributed by atoms with Gasteiger partial charge in [-0.2, -0.15) is 0 Å². The highest BCUT2D eigenvalue weighted by Gasteiger charge is 2.23. The van der Waals surface area contributed by atoms with Crippen molar-refractivity contribution in [2.24, 2.45) is 0 Å². The predicted molar refractivity (Wildman–Crippen MR) is 152 cm³/mol. The molecule has 7 nitrogen and oxygen atoms in total. The highest BCUT2D eigenvalue weighted by Crippen LogP contribution is 2.28. The van der Waals surface area contributed by atoms with Crippen LogP contribution in [0.4, 0.5) is 11.4 Å². The Balaban J connectivity index is 1.51. The smallest absolute Gasteiger partial charge is 0.255 e. The lowest BCUT2D eigenvalue weighted by Gasteiger charge is -2.26. The van der Waals surface area contributed by atoms with Gasteiger partial charge in [-0.05, 0) is 67.6 Å². The minimum Gasteiger partial charge on any atom is -0.339 e. The molecule has 3 aromatic rings. The van der Waals surface area contributed by atoms with Gasteiger partial charge in [0, 0.05) is 18.7 Å². The molecule has 3 aromatic carbocycles. The molecule has 1 N–H and O–H groups in total. The zero-order valence-corrected chi connectivity index (χ0v) is 23.1. The van der Waals surface area contributed by atoms with Crippen LogP contribution in [0, 0.1) is 13.8 Å². The lowest BCUT2D eigenvalue weighted by molar-refractivity contribution is 0.0762. The monoisotopic (exact) mass is 533 g/mol. The fraction of sp³-hybridized carbons (Fsp3) is 0.333. The summed E-state index contributed by atoms with van der Waals surface area (Å²) in [5, 5.41) is 2.89. The van der Waals surface area contributed by atoms with Crippen LogP contribution in [-0.4, -0.2) is 44.5 Å². The second kappa shape index (κ2) is 11.8. The molecule has 8 heteroatoms. The van der Waals surface area contributed by atoms with Crippen LogP contribution in [0.2, 0.25) is 0 Å². The van der Waals surface area contributed by atoms with Gasteiger partial charge in [-0.1, -0.05) is 55.3 Å². The van der Waals surface area contributed by atoms with Gasteiger partial charge in [0.05, 0.1) is 29.7 Å². The number of likely N-dealkylation sites (tertiary alicyclic amines) is 1. The molecule has 1 aliphatic heterocycles. The minimum atomic E-state index is -3.53. The van der Waals surface area contributed by atoms with Crippen molar-refractivity contribution in [3.05, 3.63) is 94.5 Å². The molecule has 1 saturated heterocycles. The van der Waals surface area contributed by atoms with Crippen molar-refractivity contribution in [1.29, 1.82) is 0 Å². The van der Waals surface area contributed by atoms with Crippen molar-refractivity contribution in [1.82, 2.24) is 4.90 Å². The molecule has 0 saturated carbocycles. The van der Waals surface area contributed by atoms with E-state index in [0.717, 1.165) is 55.5 Å². The SMILES string of the molecule is Cc1cccc(C)c1N(Cc1ccc(C(=O)Nc2ccccc2C(=O)N2CCCCCC2)cc1)S(C)(=O)=O. The number of carbonyl (C=O) groups is 2. The summed E-state index contributed by atoms with van der Waals surface area (Å²) in [7, 11) is -3.53. The fourth-order valence-electron chi connectivity index (χ4n) is 4.91. The maximum Gasteiger partial charge on any atom is 0.255 e. The summed E-state index contributed by atoms with van der Waals surface area (Å²) >= 11 is 0. The molecule has 200 valence electrons. The van der Waals surface area contributed by atoms with E-state index in [-0.39, 0.29) is 18.4 Å². The molecular formula is C30H35N3O4S. The summed E-state index contributed by atoms with van der Waals surface area (Å²) in [6.45, 7) is 5.40. The molecule has 0 aliphatic carbocycles. The number of nitrogens with one attached hydrogen (secondary N) is 1. The molecule has 4 rings (SSSR count). The second-order valence-electron chi connectivity index (χ2n) is 9.91. The third-order valence-electron chi connectivity index (χ3n) is 6.93. The van der Waals surface area contributed by atoms with Gasteiger partial charge in [-0.3, -0.25) is 13.9 Å². The molecule has 0 atom stereocenters. The highest BCUT2D eigenvalue weighted by molar-refractivity contribution is 7.92. The Morgan fingerprint density at radius 3 is 2.05 bits per heavy atom. The number of anilines is 2. The van der Waals surface area contributed by atoms with E-state index in [2.05, 4.69) is 5.32 Å². The van der Waals surface area contributed by atoms with Crippen LogP contribution in [0.3, 0.4) is 0 Å². The number of carbonyl (C=O) groups excluding carboxylic acids is 2. The molecule has 0 bridgehead atoms. The van der Waals surface area contributed by atoms with E-state index >= 15 is 0 Å². The Hall–Kier alpha value is -3.65. The van der Waals surface area contributed by atoms with Gasteiger partial charge in [0.15, 0.2) is 0 Å². The second-order valence-corrected chi connectivity index (χ2v) is 11.8. The van der Waals surface area contributed by atoms with Gasteiger partial charge in [-0.15, -0.1) is 0 Å². The van der Waals surface area contributed by atoms with E-state index in [1.54, 1.807) is 48.5 Å². The van der Waals surface area contributed by atoms with Crippen molar-refractivity contribution in [2.75, 3.05) is 29.0 Å². The fourth-order valence-corrected chi connectivity index (χ4v) is 5.91. The first kappa shape index (κ1) is 27.4. The van der Waals surface area contributed by atoms with E-state index in [1.807, 2.05) is 36.9 Å². The van der Waals surface area contributed by atoms with Crippen LogP contribution in [0.25, 0.3) is 0 Å². The molecular weight excluding hydrogens is 498 g/mol. The van der Waals surface area contributed by atoms with E-state index in [9.17, 15) is 18.0 Å². The third kappa shape index (κ3) is 6.42. The Labute approximate surface area is 225 Å². The number of aryl methyl sites for hydroxylation is 2. The number of hydrogen-bond acceptors (Lipinski definition) is 4. The first-order chi connectivity index (χ1) is 18.1. The summed E-state index contributed by atoms with van der Waals surface area (Å²) < 4.78 is 26.7. The molecule has 1 fully saturated rings. The van der Waals surface area contributed by atoms with Crippen molar-refractivity contribution in [2.45, 2.75) is 46.1 Å². The minimum absolute atomic E-state index is 0.0643. The zero-order chi connectivity index (χ0) is 27.3. The Morgan fingerprint density at radius 1 is 0.842 bits per heavy atom. The van der Waals surface area contributed by atoms with Crippen molar-refractivity contribution in [3.63, 3.8) is 0 Å². The Bertz CT molecular complexity index is 1390. The first-order valence-electron chi connectivity index (χ1n) is 13.0. The van der Waals surface area contributed by atoms with Gasteiger partial charge >= 0.3 is 0 Å². The summed E-state index contributed by atoms with van der Waals surface area (Å²) in [6.07, 6.45) is 5.44. The summed E-state index contributed by atoms with van der Waals surface area (Å²) in [5.41, 5.74) is 4.56. The molecule has 38 heavy (non-hydrogen) atoms. The average Bonchev–Trinajstić information content (AvgIpc) is 3.17. The third-order valence-corrected chi connectivity index (χ3v) is 8.04. The zero-order valence-electron chi connectivity index (χ0n) is 22.2. The van der Waals surface area contributed by atoms with Crippen molar-refractivity contribution >= 4 is 33.2 Å². The van der Waals surface area contributed by atoms with Gasteiger partial charge in [-0.25, -0.2) is 8.42 Å². The van der Waals surface area contributed by atoms with Crippen LogP contribution in [0.1, 0.15) is 63.1 Å². The van der Waals surface area contributed by atoms with E-state index in [0.29, 0.717) is 22.5 Å². The Morgan fingerprint density at radius 2 is 1.45 bits per heavy atom. The molecule has 0 spiro atoms. The van der Waals surface area contributed by atoms with Crippen molar-refractivity contribution < 1.29 is 18.0 Å². The van der Waals surface area contributed by atoms with Gasteiger partial charge in [0.25, 0.3) is 11.8 Å². The first-order valence-corrected chi connectivity index (χ1v) is 14.8. The number of sulfonamides is 1. The number of nitrogens with zero attached hydrogens (tertiary/aromatic N) is 2. The quantitative estimate of drug-likeness (QED) is 0.432.